The maximum atomic E-state index is 11.2. The Balaban J connectivity index is 2.88. The van der Waals surface area contributed by atoms with Gasteiger partial charge < -0.3 is 4.74 Å². The van der Waals surface area contributed by atoms with E-state index < -0.39 is 0 Å². The maximum absolute atomic E-state index is 11.2. The van der Waals surface area contributed by atoms with Crippen LogP contribution in [0.3, 0.4) is 0 Å². The van der Waals surface area contributed by atoms with Gasteiger partial charge >= 0.3 is 5.97 Å². The predicted octanol–water partition coefficient (Wildman–Crippen LogP) is 1.93. The van der Waals surface area contributed by atoms with Crippen LogP contribution in [0.5, 0.6) is 0 Å². The zero-order valence-corrected chi connectivity index (χ0v) is 8.56. The lowest BCUT2D eigenvalue weighted by molar-refractivity contribution is -0.141. The summed E-state index contributed by atoms with van der Waals surface area (Å²) in [5.41, 5.74) is 1.34. The van der Waals surface area contributed by atoms with Crippen LogP contribution < -0.4 is 0 Å². The number of carbonyl (C=O) groups is 1. The van der Waals surface area contributed by atoms with E-state index in [1.165, 1.54) is 13.2 Å². The van der Waals surface area contributed by atoms with E-state index in [9.17, 15) is 9.59 Å². The Bertz CT molecular complexity index is 391. The van der Waals surface area contributed by atoms with Crippen molar-refractivity contribution < 1.29 is 14.3 Å². The van der Waals surface area contributed by atoms with Crippen molar-refractivity contribution in [1.29, 1.82) is 0 Å². The van der Waals surface area contributed by atoms with Gasteiger partial charge in [0, 0.05) is 0 Å². The van der Waals surface area contributed by atoms with E-state index in [2.05, 4.69) is 9.73 Å². The summed E-state index contributed by atoms with van der Waals surface area (Å²) in [4.78, 5) is 24.6. The molecule has 1 unspecified atom stereocenters. The molecule has 0 spiro atoms. The van der Waals surface area contributed by atoms with Gasteiger partial charge in [0.25, 0.3) is 0 Å². The maximum Gasteiger partial charge on any atom is 0.312 e. The van der Waals surface area contributed by atoms with Crippen LogP contribution in [0.2, 0.25) is 0 Å². The predicted molar refractivity (Wildman–Crippen MR) is 54.7 cm³/mol. The lowest BCUT2D eigenvalue weighted by Gasteiger charge is -2.08. The van der Waals surface area contributed by atoms with Crippen molar-refractivity contribution >= 4 is 17.7 Å². The van der Waals surface area contributed by atoms with Crippen LogP contribution in [0.25, 0.3) is 0 Å². The van der Waals surface area contributed by atoms with E-state index in [0.29, 0.717) is 5.69 Å². The summed E-state index contributed by atoms with van der Waals surface area (Å²) in [5, 5.41) is 0. The zero-order valence-electron chi connectivity index (χ0n) is 8.56. The first-order valence-electron chi connectivity index (χ1n) is 4.44. The molecular weight excluding hydrogens is 194 g/mol. The van der Waals surface area contributed by atoms with Crippen LogP contribution in [-0.4, -0.2) is 19.2 Å². The number of nitrogens with zero attached hydrogens (tertiary/aromatic N) is 1. The number of hydrogen-bond donors (Lipinski definition) is 0. The quantitative estimate of drug-likeness (QED) is 0.430. The highest BCUT2D eigenvalue weighted by molar-refractivity contribution is 5.77. The second kappa shape index (κ2) is 5.08. The molecule has 0 radical (unpaired) electrons. The minimum Gasteiger partial charge on any atom is -0.469 e. The standard InChI is InChI=1S/C11H11NO3/c1-8(11(14)15-2)9-3-5-10(6-4-9)12-7-13/h3-6,8H,1-2H3. The van der Waals surface area contributed by atoms with Crippen molar-refractivity contribution in [3.05, 3.63) is 29.8 Å². The average molecular weight is 205 g/mol. The number of rotatable bonds is 3. The second-order valence-electron chi connectivity index (χ2n) is 3.04. The third-order valence-corrected chi connectivity index (χ3v) is 2.12. The fourth-order valence-corrected chi connectivity index (χ4v) is 1.20. The molecule has 15 heavy (non-hydrogen) atoms. The fraction of sp³-hybridized carbons (Fsp3) is 0.273. The summed E-state index contributed by atoms with van der Waals surface area (Å²) < 4.78 is 4.62. The van der Waals surface area contributed by atoms with Gasteiger partial charge in [0.1, 0.15) is 0 Å². The van der Waals surface area contributed by atoms with Crippen molar-refractivity contribution in [2.24, 2.45) is 4.99 Å². The van der Waals surface area contributed by atoms with Gasteiger partial charge in [-0.2, -0.15) is 4.99 Å². The first-order chi connectivity index (χ1) is 7.19. The molecule has 0 amide bonds. The second-order valence-corrected chi connectivity index (χ2v) is 3.04. The number of ether oxygens (including phenoxy) is 1. The van der Waals surface area contributed by atoms with Crippen LogP contribution in [0.4, 0.5) is 5.69 Å². The minimum atomic E-state index is -0.315. The van der Waals surface area contributed by atoms with Gasteiger partial charge in [0.2, 0.25) is 6.08 Å². The van der Waals surface area contributed by atoms with Gasteiger partial charge in [-0.15, -0.1) is 0 Å². The number of esters is 1. The van der Waals surface area contributed by atoms with Gasteiger partial charge in [0.15, 0.2) is 0 Å². The fourth-order valence-electron chi connectivity index (χ4n) is 1.20. The topological polar surface area (TPSA) is 55.7 Å². The third-order valence-electron chi connectivity index (χ3n) is 2.12. The molecule has 0 heterocycles. The van der Waals surface area contributed by atoms with Crippen molar-refractivity contribution in [1.82, 2.24) is 0 Å². The highest BCUT2D eigenvalue weighted by Gasteiger charge is 2.14. The molecule has 1 aromatic carbocycles. The molecule has 4 heteroatoms. The molecule has 0 bridgehead atoms. The van der Waals surface area contributed by atoms with Crippen molar-refractivity contribution in [2.45, 2.75) is 12.8 Å². The van der Waals surface area contributed by atoms with Crippen LogP contribution in [0, 0.1) is 0 Å². The molecule has 0 saturated carbocycles. The monoisotopic (exact) mass is 205 g/mol. The van der Waals surface area contributed by atoms with E-state index in [4.69, 9.17) is 0 Å². The SMILES string of the molecule is COC(=O)C(C)c1ccc(N=C=O)cc1. The smallest absolute Gasteiger partial charge is 0.312 e. The molecule has 0 aliphatic rings. The van der Waals surface area contributed by atoms with Crippen LogP contribution in [0.1, 0.15) is 18.4 Å². The van der Waals surface area contributed by atoms with E-state index >= 15 is 0 Å². The van der Waals surface area contributed by atoms with E-state index in [0.717, 1.165) is 5.56 Å². The molecule has 4 nitrogen and oxygen atoms in total. The summed E-state index contributed by atoms with van der Waals surface area (Å²) >= 11 is 0. The number of benzene rings is 1. The van der Waals surface area contributed by atoms with Crippen LogP contribution in [-0.2, 0) is 14.3 Å². The Kier molecular flexibility index (Phi) is 3.77. The van der Waals surface area contributed by atoms with Crippen molar-refractivity contribution in [2.75, 3.05) is 7.11 Å². The highest BCUT2D eigenvalue weighted by atomic mass is 16.5. The largest absolute Gasteiger partial charge is 0.469 e. The van der Waals surface area contributed by atoms with E-state index in [1.54, 1.807) is 31.2 Å². The molecule has 0 aliphatic carbocycles. The lowest BCUT2D eigenvalue weighted by atomic mass is 10.0. The first-order valence-corrected chi connectivity index (χ1v) is 4.44. The Labute approximate surface area is 87.6 Å². The van der Waals surface area contributed by atoms with Gasteiger partial charge in [-0.05, 0) is 24.6 Å². The van der Waals surface area contributed by atoms with Crippen molar-refractivity contribution in [3.63, 3.8) is 0 Å². The number of carbonyl (C=O) groups excluding carboxylic acids is 2. The van der Waals surface area contributed by atoms with Gasteiger partial charge in [-0.25, -0.2) is 4.79 Å². The normalized spacial score (nSPS) is 11.3. The zero-order chi connectivity index (χ0) is 11.3. The summed E-state index contributed by atoms with van der Waals surface area (Å²) in [7, 11) is 1.35. The molecule has 1 aromatic rings. The first kappa shape index (κ1) is 11.1. The molecule has 1 rings (SSSR count). The lowest BCUT2D eigenvalue weighted by Crippen LogP contribution is -2.10. The van der Waals surface area contributed by atoms with E-state index in [-0.39, 0.29) is 11.9 Å². The highest BCUT2D eigenvalue weighted by Crippen LogP contribution is 2.20. The summed E-state index contributed by atoms with van der Waals surface area (Å²) in [6, 6.07) is 6.77. The van der Waals surface area contributed by atoms with E-state index in [1.807, 2.05) is 0 Å². The number of isocyanates is 1. The Morgan fingerprint density at radius 3 is 2.47 bits per heavy atom. The molecular formula is C11H11NO3. The van der Waals surface area contributed by atoms with Gasteiger partial charge in [-0.1, -0.05) is 12.1 Å². The minimum absolute atomic E-state index is 0.290. The molecule has 0 aliphatic heterocycles. The molecule has 0 aromatic heterocycles. The third kappa shape index (κ3) is 2.76. The Hall–Kier alpha value is -1.93. The Morgan fingerprint density at radius 2 is 2.00 bits per heavy atom. The van der Waals surface area contributed by atoms with Crippen LogP contribution in [0.15, 0.2) is 29.3 Å². The molecule has 1 atom stereocenters. The summed E-state index contributed by atoms with van der Waals surface area (Å²) in [6.45, 7) is 1.75. The molecule has 78 valence electrons. The number of methoxy groups -OCH3 is 1. The van der Waals surface area contributed by atoms with Crippen LogP contribution >= 0.6 is 0 Å². The summed E-state index contributed by atoms with van der Waals surface area (Å²) in [6.07, 6.45) is 1.45. The number of hydrogen-bond acceptors (Lipinski definition) is 4. The molecule has 0 N–H and O–H groups in total. The Morgan fingerprint density at radius 1 is 1.40 bits per heavy atom. The van der Waals surface area contributed by atoms with Gasteiger partial charge in [0.05, 0.1) is 18.7 Å². The van der Waals surface area contributed by atoms with Gasteiger partial charge in [-0.3, -0.25) is 4.79 Å². The average Bonchev–Trinajstić information content (AvgIpc) is 2.28. The molecule has 0 fully saturated rings. The molecule has 0 saturated heterocycles. The summed E-state index contributed by atoms with van der Waals surface area (Å²) in [5.74, 6) is -0.606. The van der Waals surface area contributed by atoms with Crippen molar-refractivity contribution in [3.8, 4) is 0 Å². The number of aliphatic imine (C=N–C) groups is 1.